The molecule has 2 aromatic rings. The van der Waals surface area contributed by atoms with E-state index in [1.54, 1.807) is 19.1 Å². The second-order valence-corrected chi connectivity index (χ2v) is 5.41. The summed E-state index contributed by atoms with van der Waals surface area (Å²) in [4.78, 5) is 23.6. The number of halogens is 2. The van der Waals surface area contributed by atoms with Crippen LogP contribution in [0.25, 0.3) is 0 Å². The third-order valence-corrected chi connectivity index (χ3v) is 3.22. The molecule has 0 radical (unpaired) electrons. The number of esters is 1. The highest BCUT2D eigenvalue weighted by atomic mass is 35.5. The molecule has 0 aliphatic carbocycles. The predicted molar refractivity (Wildman–Crippen MR) is 82.0 cm³/mol. The number of benzene rings is 1. The van der Waals surface area contributed by atoms with Crippen LogP contribution >= 0.6 is 23.2 Å². The van der Waals surface area contributed by atoms with Gasteiger partial charge in [0.15, 0.2) is 6.61 Å². The van der Waals surface area contributed by atoms with E-state index >= 15 is 0 Å². The fraction of sp³-hybridized carbons (Fsp3) is 0.200. The summed E-state index contributed by atoms with van der Waals surface area (Å²) in [5.41, 5.74) is 0.185. The van der Waals surface area contributed by atoms with Gasteiger partial charge in [0.05, 0.1) is 17.9 Å². The van der Waals surface area contributed by atoms with Crippen LogP contribution in [0.2, 0.25) is 10.0 Å². The van der Waals surface area contributed by atoms with Gasteiger partial charge in [0.25, 0.3) is 5.91 Å². The molecule has 0 fully saturated rings. The molecule has 0 unspecified atom stereocenters. The molecule has 1 aromatic carbocycles. The zero-order valence-corrected chi connectivity index (χ0v) is 13.1. The molecule has 2 rings (SSSR count). The average molecular weight is 342 g/mol. The molecule has 1 N–H and O–H groups in total. The highest BCUT2D eigenvalue weighted by Gasteiger charge is 2.15. The minimum atomic E-state index is -0.676. The number of hydrogen-bond acceptors (Lipinski definition) is 4. The molecule has 0 aliphatic heterocycles. The third kappa shape index (κ3) is 4.51. The fourth-order valence-electron chi connectivity index (χ4n) is 1.78. The monoisotopic (exact) mass is 341 g/mol. The maximum atomic E-state index is 11.8. The number of hydrogen-bond donors (Lipinski definition) is 1. The number of carbonyl (C=O) groups excluding carboxylic acids is 2. The van der Waals surface area contributed by atoms with Crippen LogP contribution in [0.5, 0.6) is 0 Å². The van der Waals surface area contributed by atoms with Gasteiger partial charge in [-0.1, -0.05) is 23.2 Å². The zero-order chi connectivity index (χ0) is 16.1. The summed E-state index contributed by atoms with van der Waals surface area (Å²) >= 11 is 11.6. The zero-order valence-electron chi connectivity index (χ0n) is 11.6. The van der Waals surface area contributed by atoms with E-state index in [1.165, 1.54) is 24.5 Å². The van der Waals surface area contributed by atoms with Gasteiger partial charge in [-0.25, -0.2) is 4.79 Å². The fourth-order valence-corrected chi connectivity index (χ4v) is 2.30. The number of rotatable bonds is 5. The highest BCUT2D eigenvalue weighted by Crippen LogP contribution is 2.19. The Morgan fingerprint density at radius 3 is 2.55 bits per heavy atom. The van der Waals surface area contributed by atoms with Crippen LogP contribution in [-0.2, 0) is 9.53 Å². The molecule has 1 amide bonds. The minimum absolute atomic E-state index is 0.185. The van der Waals surface area contributed by atoms with Crippen molar-refractivity contribution in [3.05, 3.63) is 58.0 Å². The van der Waals surface area contributed by atoms with Crippen molar-refractivity contribution in [3.63, 3.8) is 0 Å². The SMILES string of the molecule is C[C@@H](NC(=O)COC(=O)c1cc(Cl)cc(Cl)c1)c1ccco1. The largest absolute Gasteiger partial charge is 0.467 e. The average Bonchev–Trinajstić information content (AvgIpc) is 2.98. The van der Waals surface area contributed by atoms with Gasteiger partial charge in [-0.05, 0) is 37.3 Å². The molecule has 7 heteroatoms. The number of ether oxygens (including phenoxy) is 1. The Labute approximate surface area is 137 Å². The Bertz CT molecular complexity index is 650. The van der Waals surface area contributed by atoms with Crippen molar-refractivity contribution in [2.45, 2.75) is 13.0 Å². The van der Waals surface area contributed by atoms with Crippen LogP contribution < -0.4 is 5.32 Å². The highest BCUT2D eigenvalue weighted by molar-refractivity contribution is 6.35. The number of carbonyl (C=O) groups is 2. The standard InChI is InChI=1S/C15H13Cl2NO4/c1-9(13-3-2-4-21-13)18-14(19)8-22-15(20)10-5-11(16)7-12(17)6-10/h2-7,9H,8H2,1H3,(H,18,19)/t9-/m1/s1. The van der Waals surface area contributed by atoms with E-state index in [9.17, 15) is 9.59 Å². The second kappa shape index (κ2) is 7.33. The van der Waals surface area contributed by atoms with Gasteiger partial charge < -0.3 is 14.5 Å². The van der Waals surface area contributed by atoms with Crippen molar-refractivity contribution in [2.75, 3.05) is 6.61 Å². The lowest BCUT2D eigenvalue weighted by molar-refractivity contribution is -0.125. The van der Waals surface area contributed by atoms with Gasteiger partial charge in [0.1, 0.15) is 5.76 Å². The Balaban J connectivity index is 1.86. The predicted octanol–water partition coefficient (Wildman–Crippen LogP) is 3.62. The molecule has 5 nitrogen and oxygen atoms in total. The van der Waals surface area contributed by atoms with Crippen molar-refractivity contribution >= 4 is 35.1 Å². The molecule has 1 heterocycles. The van der Waals surface area contributed by atoms with Gasteiger partial charge in [-0.3, -0.25) is 4.79 Å². The summed E-state index contributed by atoms with van der Waals surface area (Å²) in [7, 11) is 0. The first kappa shape index (κ1) is 16.4. The quantitative estimate of drug-likeness (QED) is 0.843. The van der Waals surface area contributed by atoms with Crippen LogP contribution in [0.3, 0.4) is 0 Å². The first-order chi connectivity index (χ1) is 10.5. The molecule has 1 atom stereocenters. The van der Waals surface area contributed by atoms with E-state index in [0.717, 1.165) is 0 Å². The van der Waals surface area contributed by atoms with Gasteiger partial charge >= 0.3 is 5.97 Å². The third-order valence-electron chi connectivity index (χ3n) is 2.78. The van der Waals surface area contributed by atoms with E-state index in [2.05, 4.69) is 5.32 Å². The van der Waals surface area contributed by atoms with Crippen molar-refractivity contribution in [2.24, 2.45) is 0 Å². The molecule has 0 spiro atoms. The Hall–Kier alpha value is -1.98. The minimum Gasteiger partial charge on any atom is -0.467 e. The lowest BCUT2D eigenvalue weighted by Gasteiger charge is -2.11. The molecule has 116 valence electrons. The van der Waals surface area contributed by atoms with Gasteiger partial charge in [-0.2, -0.15) is 0 Å². The summed E-state index contributed by atoms with van der Waals surface area (Å²) in [6, 6.07) is 7.48. The summed E-state index contributed by atoms with van der Waals surface area (Å²) in [6.07, 6.45) is 1.51. The molecule has 0 saturated heterocycles. The summed E-state index contributed by atoms with van der Waals surface area (Å²) in [6.45, 7) is 1.35. The number of furan rings is 1. The van der Waals surface area contributed by atoms with E-state index in [0.29, 0.717) is 15.8 Å². The first-order valence-corrected chi connectivity index (χ1v) is 7.17. The molecular formula is C15H13Cl2NO4. The summed E-state index contributed by atoms with van der Waals surface area (Å²) < 4.78 is 10.1. The van der Waals surface area contributed by atoms with E-state index in [-0.39, 0.29) is 11.6 Å². The van der Waals surface area contributed by atoms with E-state index in [1.807, 2.05) is 0 Å². The van der Waals surface area contributed by atoms with Gasteiger partial charge in [-0.15, -0.1) is 0 Å². The van der Waals surface area contributed by atoms with Crippen molar-refractivity contribution in [1.29, 1.82) is 0 Å². The molecule has 0 aliphatic rings. The van der Waals surface area contributed by atoms with Crippen LogP contribution in [0.1, 0.15) is 29.1 Å². The smallest absolute Gasteiger partial charge is 0.338 e. The number of nitrogens with one attached hydrogen (secondary N) is 1. The molecule has 0 saturated carbocycles. The van der Waals surface area contributed by atoms with Gasteiger partial charge in [0.2, 0.25) is 0 Å². The normalized spacial score (nSPS) is 11.8. The Morgan fingerprint density at radius 1 is 1.27 bits per heavy atom. The van der Waals surface area contributed by atoms with Crippen LogP contribution in [0.15, 0.2) is 41.0 Å². The van der Waals surface area contributed by atoms with Crippen LogP contribution in [0, 0.1) is 0 Å². The Morgan fingerprint density at radius 2 is 1.95 bits per heavy atom. The maximum absolute atomic E-state index is 11.8. The van der Waals surface area contributed by atoms with Gasteiger partial charge in [0, 0.05) is 10.0 Å². The number of amides is 1. The van der Waals surface area contributed by atoms with E-state index in [4.69, 9.17) is 32.4 Å². The first-order valence-electron chi connectivity index (χ1n) is 6.41. The lowest BCUT2D eigenvalue weighted by atomic mass is 10.2. The Kier molecular flexibility index (Phi) is 5.46. The molecule has 0 bridgehead atoms. The van der Waals surface area contributed by atoms with E-state index < -0.39 is 18.5 Å². The van der Waals surface area contributed by atoms with Crippen molar-refractivity contribution in [3.8, 4) is 0 Å². The maximum Gasteiger partial charge on any atom is 0.338 e. The molecule has 1 aromatic heterocycles. The van der Waals surface area contributed by atoms with Crippen molar-refractivity contribution in [1.82, 2.24) is 5.32 Å². The molecular weight excluding hydrogens is 329 g/mol. The van der Waals surface area contributed by atoms with Crippen LogP contribution in [0.4, 0.5) is 0 Å². The topological polar surface area (TPSA) is 68.5 Å². The molecule has 22 heavy (non-hydrogen) atoms. The summed E-state index contributed by atoms with van der Waals surface area (Å²) in [5.74, 6) is -0.503. The lowest BCUT2D eigenvalue weighted by Crippen LogP contribution is -2.31. The summed E-state index contributed by atoms with van der Waals surface area (Å²) in [5, 5.41) is 3.28. The van der Waals surface area contributed by atoms with Crippen molar-refractivity contribution < 1.29 is 18.7 Å². The van der Waals surface area contributed by atoms with Crippen LogP contribution in [-0.4, -0.2) is 18.5 Å². The second-order valence-electron chi connectivity index (χ2n) is 4.54.